The van der Waals surface area contributed by atoms with Crippen LogP contribution in [0.1, 0.15) is 64.0 Å². The largest absolute Gasteiger partial charge is 0.465 e. The van der Waals surface area contributed by atoms with Crippen molar-refractivity contribution in [1.29, 1.82) is 0 Å². The van der Waals surface area contributed by atoms with Crippen molar-refractivity contribution >= 4 is 35.2 Å². The van der Waals surface area contributed by atoms with Crippen LogP contribution in [0.3, 0.4) is 0 Å². The van der Waals surface area contributed by atoms with Crippen molar-refractivity contribution in [2.75, 3.05) is 17.2 Å². The minimum Gasteiger partial charge on any atom is -0.465 e. The lowest BCUT2D eigenvalue weighted by molar-refractivity contribution is -0.130. The predicted molar refractivity (Wildman–Crippen MR) is 193 cm³/mol. The van der Waals surface area contributed by atoms with E-state index >= 15 is 0 Å². The number of nitrogens with one attached hydrogen (secondary N) is 4. The summed E-state index contributed by atoms with van der Waals surface area (Å²) in [5, 5.41) is 32.7. The molecule has 1 fully saturated rings. The molecule has 2 aliphatic rings. The first-order valence-electron chi connectivity index (χ1n) is 17.4. The number of fused-ring (bicyclic) bond motifs is 1. The van der Waals surface area contributed by atoms with Gasteiger partial charge in [-0.05, 0) is 117 Å². The van der Waals surface area contributed by atoms with Crippen molar-refractivity contribution in [3.8, 4) is 22.5 Å². The molecule has 51 heavy (non-hydrogen) atoms. The van der Waals surface area contributed by atoms with E-state index in [1.54, 1.807) is 24.3 Å². The minimum absolute atomic E-state index is 0.0164. The van der Waals surface area contributed by atoms with E-state index in [0.717, 1.165) is 52.8 Å². The molecule has 13 nitrogen and oxygen atoms in total. The number of aromatic nitrogens is 4. The zero-order chi connectivity index (χ0) is 36.1. The van der Waals surface area contributed by atoms with E-state index in [2.05, 4.69) is 36.6 Å². The quantitative estimate of drug-likeness (QED) is 0.141. The molecular formula is C38H44N8O5. The van der Waals surface area contributed by atoms with Gasteiger partial charge in [0, 0.05) is 47.8 Å². The average molecular weight is 693 g/mol. The molecule has 6 rings (SSSR count). The predicted octanol–water partition coefficient (Wildman–Crippen LogP) is 5.67. The summed E-state index contributed by atoms with van der Waals surface area (Å²) < 4.78 is 0. The van der Waals surface area contributed by atoms with Gasteiger partial charge in [-0.1, -0.05) is 36.4 Å². The Kier molecular flexibility index (Phi) is 10.4. The number of carboxylic acid groups (broad SMARTS) is 1. The molecule has 0 unspecified atom stereocenters. The molecule has 1 saturated carbocycles. The first kappa shape index (κ1) is 35.2. The summed E-state index contributed by atoms with van der Waals surface area (Å²) in [5.74, 6) is -0.178. The summed E-state index contributed by atoms with van der Waals surface area (Å²) >= 11 is 0. The van der Waals surface area contributed by atoms with E-state index in [4.69, 9.17) is 0 Å². The highest BCUT2D eigenvalue weighted by Gasteiger charge is 2.33. The van der Waals surface area contributed by atoms with Crippen LogP contribution in [0.4, 0.5) is 16.2 Å². The van der Waals surface area contributed by atoms with E-state index in [1.165, 1.54) is 4.90 Å². The van der Waals surface area contributed by atoms with E-state index in [-0.39, 0.29) is 36.0 Å². The molecule has 2 heterocycles. The number of tetrazole rings is 1. The third-order valence-electron chi connectivity index (χ3n) is 9.82. The molecule has 1 atom stereocenters. The van der Waals surface area contributed by atoms with Crippen LogP contribution in [0.15, 0.2) is 66.7 Å². The molecule has 1 aromatic heterocycles. The summed E-state index contributed by atoms with van der Waals surface area (Å²) in [6, 6.07) is 20.1. The first-order valence-corrected chi connectivity index (χ1v) is 17.4. The number of aromatic amines is 1. The summed E-state index contributed by atoms with van der Waals surface area (Å²) in [4.78, 5) is 52.7. The van der Waals surface area contributed by atoms with Gasteiger partial charge in [-0.3, -0.25) is 14.4 Å². The van der Waals surface area contributed by atoms with Gasteiger partial charge in [0.25, 0.3) is 0 Å². The number of nitrogens with zero attached hydrogens (tertiary/aromatic N) is 4. The lowest BCUT2D eigenvalue weighted by atomic mass is 9.80. The Balaban J connectivity index is 1.14. The second-order valence-electron chi connectivity index (χ2n) is 14.5. The summed E-state index contributed by atoms with van der Waals surface area (Å²) in [6.07, 6.45) is 3.25. The van der Waals surface area contributed by atoms with Crippen LogP contribution in [0, 0.1) is 11.8 Å². The maximum Gasteiger partial charge on any atom is 0.407 e. The van der Waals surface area contributed by atoms with Gasteiger partial charge in [0.05, 0.1) is 0 Å². The molecule has 1 aliphatic carbocycles. The van der Waals surface area contributed by atoms with Crippen molar-refractivity contribution in [2.45, 2.75) is 77.3 Å². The fourth-order valence-corrected chi connectivity index (χ4v) is 6.84. The van der Waals surface area contributed by atoms with Crippen molar-refractivity contribution in [1.82, 2.24) is 30.8 Å². The van der Waals surface area contributed by atoms with E-state index in [1.807, 2.05) is 63.2 Å². The highest BCUT2D eigenvalue weighted by molar-refractivity contribution is 5.98. The molecular weight excluding hydrogens is 648 g/mol. The SMILES string of the molecule is CC(C)(C)N(C[C@H]1CC[C@H](C(=O)N[C@@H](Cc2ccc(-c3ccc4c(c3)NC(=O)CC4)cc2)C(=O)Nc2ccc(-c3nn[nH]n3)cc2)CC1)C(=O)O. The maximum atomic E-state index is 13.8. The fraction of sp³-hybridized carbons (Fsp3) is 0.395. The van der Waals surface area contributed by atoms with Crippen LogP contribution in [-0.4, -0.2) is 72.6 Å². The number of amides is 4. The molecule has 0 bridgehead atoms. The third-order valence-corrected chi connectivity index (χ3v) is 9.82. The molecule has 0 radical (unpaired) electrons. The summed E-state index contributed by atoms with van der Waals surface area (Å²) in [7, 11) is 0. The van der Waals surface area contributed by atoms with Crippen LogP contribution in [-0.2, 0) is 27.2 Å². The van der Waals surface area contributed by atoms with Gasteiger partial charge in [0.1, 0.15) is 6.04 Å². The van der Waals surface area contributed by atoms with Crippen LogP contribution in [0.25, 0.3) is 22.5 Å². The van der Waals surface area contributed by atoms with E-state index in [0.29, 0.717) is 37.3 Å². The monoisotopic (exact) mass is 692 g/mol. The van der Waals surface area contributed by atoms with E-state index in [9.17, 15) is 24.3 Å². The lowest BCUT2D eigenvalue weighted by Gasteiger charge is -2.38. The maximum absolute atomic E-state index is 13.8. The highest BCUT2D eigenvalue weighted by Crippen LogP contribution is 2.32. The van der Waals surface area contributed by atoms with Gasteiger partial charge in [0.15, 0.2) is 0 Å². The first-order chi connectivity index (χ1) is 24.4. The Bertz CT molecular complexity index is 1860. The van der Waals surface area contributed by atoms with Crippen molar-refractivity contribution < 1.29 is 24.3 Å². The van der Waals surface area contributed by atoms with Crippen molar-refractivity contribution in [3.05, 3.63) is 77.9 Å². The molecule has 0 spiro atoms. The van der Waals surface area contributed by atoms with Crippen LogP contribution in [0.2, 0.25) is 0 Å². The molecule has 266 valence electrons. The number of carbonyl (C=O) groups excluding carboxylic acids is 3. The number of anilines is 2. The summed E-state index contributed by atoms with van der Waals surface area (Å²) in [5.41, 5.74) is 5.55. The number of hydrogen-bond acceptors (Lipinski definition) is 7. The van der Waals surface area contributed by atoms with Gasteiger partial charge >= 0.3 is 6.09 Å². The number of carbonyl (C=O) groups is 4. The number of aryl methyl sites for hydroxylation is 1. The Hall–Kier alpha value is -5.59. The second kappa shape index (κ2) is 15.1. The van der Waals surface area contributed by atoms with Gasteiger partial charge in [-0.25, -0.2) is 4.79 Å². The Morgan fingerprint density at radius 2 is 1.61 bits per heavy atom. The van der Waals surface area contributed by atoms with Crippen LogP contribution in [0.5, 0.6) is 0 Å². The van der Waals surface area contributed by atoms with E-state index < -0.39 is 17.7 Å². The molecule has 0 saturated heterocycles. The Morgan fingerprint density at radius 1 is 0.922 bits per heavy atom. The smallest absolute Gasteiger partial charge is 0.407 e. The molecule has 4 aromatic rings. The third kappa shape index (κ3) is 8.77. The van der Waals surface area contributed by atoms with Gasteiger partial charge in [-0.2, -0.15) is 5.21 Å². The number of benzene rings is 3. The summed E-state index contributed by atoms with van der Waals surface area (Å²) in [6.45, 7) is 6.08. The normalized spacial score (nSPS) is 17.8. The average Bonchev–Trinajstić information content (AvgIpc) is 3.65. The molecule has 13 heteroatoms. The number of hydrogen-bond donors (Lipinski definition) is 5. The topological polar surface area (TPSA) is 182 Å². The van der Waals surface area contributed by atoms with Crippen LogP contribution < -0.4 is 16.0 Å². The lowest BCUT2D eigenvalue weighted by Crippen LogP contribution is -2.49. The van der Waals surface area contributed by atoms with Crippen molar-refractivity contribution in [3.63, 3.8) is 0 Å². The van der Waals surface area contributed by atoms with Crippen LogP contribution >= 0.6 is 0 Å². The standard InChI is InChI=1S/C38H44N8O5/c1-38(2,3)46(37(50)51)22-24-6-10-28(11-7-24)35(48)41-32(36(49)39-30-17-14-27(15-18-30)34-42-44-45-43-34)20-23-4-8-25(9-5-23)29-13-12-26-16-19-33(47)40-31(26)21-29/h4-5,8-9,12-15,17-18,21,24,28,32H,6-7,10-11,16,19-20,22H2,1-3H3,(H,39,49)(H,40,47)(H,41,48)(H,50,51)(H,42,43,44,45)/t24-,28-,32-/m0/s1. The Morgan fingerprint density at radius 3 is 2.25 bits per heavy atom. The number of H-pyrrole nitrogens is 1. The molecule has 4 amide bonds. The van der Waals surface area contributed by atoms with Gasteiger partial charge in [-0.15, -0.1) is 10.2 Å². The zero-order valence-corrected chi connectivity index (χ0v) is 29.1. The van der Waals surface area contributed by atoms with Gasteiger partial charge < -0.3 is 26.0 Å². The van der Waals surface area contributed by atoms with Gasteiger partial charge in [0.2, 0.25) is 23.5 Å². The minimum atomic E-state index is -0.940. The Labute approximate surface area is 296 Å². The highest BCUT2D eigenvalue weighted by atomic mass is 16.4. The second-order valence-corrected chi connectivity index (χ2v) is 14.5. The molecule has 1 aliphatic heterocycles. The zero-order valence-electron chi connectivity index (χ0n) is 29.1. The fourth-order valence-electron chi connectivity index (χ4n) is 6.84. The molecule has 5 N–H and O–H groups in total. The molecule has 3 aromatic carbocycles. The van der Waals surface area contributed by atoms with Crippen molar-refractivity contribution in [2.24, 2.45) is 11.8 Å². The number of rotatable bonds is 10.